The average Bonchev–Trinajstić information content (AvgIpc) is 2.53. The van der Waals surface area contributed by atoms with Crippen LogP contribution in [-0.2, 0) is 0 Å². The van der Waals surface area contributed by atoms with Gasteiger partial charge in [-0.15, -0.1) is 0 Å². The van der Waals surface area contributed by atoms with Gasteiger partial charge in [0, 0.05) is 0 Å². The summed E-state index contributed by atoms with van der Waals surface area (Å²) < 4.78 is 110. The van der Waals surface area contributed by atoms with Gasteiger partial charge in [-0.05, 0) is 18.6 Å². The number of rotatable bonds is 2. The number of ether oxygens (including phenoxy) is 1. The predicted octanol–water partition coefficient (Wildman–Crippen LogP) is 4.33. The van der Waals surface area contributed by atoms with Gasteiger partial charge in [0.2, 0.25) is 17.4 Å². The zero-order chi connectivity index (χ0) is 18.3. The van der Waals surface area contributed by atoms with E-state index in [-0.39, 0.29) is 0 Å². The molecule has 0 heterocycles. The third kappa shape index (κ3) is 2.68. The van der Waals surface area contributed by atoms with Crippen molar-refractivity contribution in [2.75, 3.05) is 0 Å². The second kappa shape index (κ2) is 6.10. The maximum absolute atomic E-state index is 13.7. The monoisotopic (exact) mass is 355 g/mol. The Hall–Kier alpha value is -2.65. The molecule has 10 heteroatoms. The van der Waals surface area contributed by atoms with Crippen LogP contribution in [0, 0.1) is 53.5 Å². The van der Waals surface area contributed by atoms with E-state index in [1.54, 1.807) is 0 Å². The molecule has 24 heavy (non-hydrogen) atoms. The normalized spacial score (nSPS) is 10.9. The van der Waals surface area contributed by atoms with Crippen molar-refractivity contribution >= 4 is 5.97 Å². The van der Waals surface area contributed by atoms with E-state index in [9.17, 15) is 39.9 Å². The number of hydrogen-bond donors (Lipinski definition) is 0. The van der Waals surface area contributed by atoms with Gasteiger partial charge in [0.25, 0.3) is 0 Å². The van der Waals surface area contributed by atoms with Crippen LogP contribution in [0.15, 0.2) is 6.07 Å². The lowest BCUT2D eigenvalue weighted by Crippen LogP contribution is -2.19. The van der Waals surface area contributed by atoms with Gasteiger partial charge in [0.15, 0.2) is 34.9 Å². The maximum Gasteiger partial charge on any atom is 0.349 e. The highest BCUT2D eigenvalue weighted by Gasteiger charge is 2.32. The Labute approximate surface area is 128 Å². The molecule has 0 atom stereocenters. The molecule has 0 N–H and O–H groups in total. The molecule has 0 aliphatic rings. The summed E-state index contributed by atoms with van der Waals surface area (Å²) in [7, 11) is 0. The molecule has 2 nitrogen and oxygen atoms in total. The molecule has 2 aromatic rings. The van der Waals surface area contributed by atoms with Crippen molar-refractivity contribution in [1.29, 1.82) is 0 Å². The first kappa shape index (κ1) is 17.7. The summed E-state index contributed by atoms with van der Waals surface area (Å²) in [6.45, 7) is 0.952. The van der Waals surface area contributed by atoms with Gasteiger partial charge in [-0.3, -0.25) is 0 Å². The van der Waals surface area contributed by atoms with Crippen LogP contribution in [0.1, 0.15) is 15.9 Å². The molecule has 0 saturated heterocycles. The zero-order valence-corrected chi connectivity index (χ0v) is 11.4. The first-order valence-electron chi connectivity index (χ1n) is 5.95. The van der Waals surface area contributed by atoms with Crippen molar-refractivity contribution in [3.63, 3.8) is 0 Å². The third-order valence-electron chi connectivity index (χ3n) is 2.91. The van der Waals surface area contributed by atoms with E-state index in [0.717, 1.165) is 6.92 Å². The van der Waals surface area contributed by atoms with E-state index in [4.69, 9.17) is 0 Å². The molecule has 0 saturated carbocycles. The molecule has 0 fully saturated rings. The number of aryl methyl sites for hydroxylation is 1. The van der Waals surface area contributed by atoms with Crippen molar-refractivity contribution in [3.8, 4) is 5.75 Å². The molecular formula is C14H4F8O2. The fourth-order valence-electron chi connectivity index (χ4n) is 1.72. The summed E-state index contributed by atoms with van der Waals surface area (Å²) >= 11 is 0. The Morgan fingerprint density at radius 2 is 1.21 bits per heavy atom. The zero-order valence-electron chi connectivity index (χ0n) is 11.4. The second-order valence-electron chi connectivity index (χ2n) is 4.47. The van der Waals surface area contributed by atoms with E-state index in [2.05, 4.69) is 4.74 Å². The molecule has 0 amide bonds. The van der Waals surface area contributed by atoms with Gasteiger partial charge in [-0.25, -0.2) is 35.5 Å². The summed E-state index contributed by atoms with van der Waals surface area (Å²) in [5.41, 5.74) is -2.61. The first-order valence-corrected chi connectivity index (χ1v) is 5.95. The van der Waals surface area contributed by atoms with Crippen LogP contribution in [0.5, 0.6) is 5.75 Å². The van der Waals surface area contributed by atoms with E-state index >= 15 is 0 Å². The highest BCUT2D eigenvalue weighted by molar-refractivity contribution is 5.91. The van der Waals surface area contributed by atoms with Crippen LogP contribution in [-0.4, -0.2) is 5.97 Å². The van der Waals surface area contributed by atoms with Crippen LogP contribution >= 0.6 is 0 Å². The summed E-state index contributed by atoms with van der Waals surface area (Å²) in [5, 5.41) is 0. The van der Waals surface area contributed by atoms with Gasteiger partial charge < -0.3 is 4.74 Å². The minimum Gasteiger partial charge on any atom is -0.416 e. The van der Waals surface area contributed by atoms with Crippen LogP contribution in [0.3, 0.4) is 0 Å². The average molecular weight is 355 g/mol. The number of halogens is 8. The fraction of sp³-hybridized carbons (Fsp3) is 0.0714. The standard InChI is InChI=1S/C14H4F8O2/c1-3-2-4(15)7(17)13(6(3)16)24-14(23)5-8(18)10(20)12(22)11(21)9(5)19/h2H,1H3/i22-1. The smallest absolute Gasteiger partial charge is 0.349 e. The van der Waals surface area contributed by atoms with E-state index in [0.29, 0.717) is 6.07 Å². The van der Waals surface area contributed by atoms with Gasteiger partial charge in [-0.1, -0.05) is 0 Å². The number of esters is 1. The Bertz CT molecular complexity index is 808. The molecule has 0 spiro atoms. The molecule has 0 aliphatic heterocycles. The maximum atomic E-state index is 13.7. The van der Waals surface area contributed by atoms with Crippen LogP contribution in [0.25, 0.3) is 0 Å². The molecule has 0 aromatic heterocycles. The van der Waals surface area contributed by atoms with Crippen molar-refractivity contribution < 1.29 is 44.7 Å². The minimum atomic E-state index is -2.54. The lowest BCUT2D eigenvalue weighted by molar-refractivity contribution is 0.0704. The minimum absolute atomic E-state index is 0.403. The second-order valence-corrected chi connectivity index (χ2v) is 4.47. The molecule has 0 radical (unpaired) electrons. The highest BCUT2D eigenvalue weighted by Crippen LogP contribution is 2.29. The molecule has 2 rings (SSSR count). The number of hydrogen-bond acceptors (Lipinski definition) is 2. The Kier molecular flexibility index (Phi) is 4.50. The summed E-state index contributed by atoms with van der Waals surface area (Å²) in [6, 6.07) is 0.403. The van der Waals surface area contributed by atoms with Gasteiger partial charge in [-0.2, -0.15) is 4.39 Å². The van der Waals surface area contributed by atoms with Crippen molar-refractivity contribution in [2.45, 2.75) is 6.92 Å². The summed E-state index contributed by atoms with van der Waals surface area (Å²) in [6.07, 6.45) is 0. The molecule has 0 bridgehead atoms. The highest BCUT2D eigenvalue weighted by atomic mass is 19.2. The third-order valence-corrected chi connectivity index (χ3v) is 2.91. The van der Waals surface area contributed by atoms with Crippen LogP contribution < -0.4 is 4.74 Å². The molecule has 128 valence electrons. The Morgan fingerprint density at radius 3 is 1.71 bits per heavy atom. The Morgan fingerprint density at radius 1 is 0.750 bits per heavy atom. The van der Waals surface area contributed by atoms with E-state index in [1.165, 1.54) is 0 Å². The van der Waals surface area contributed by atoms with E-state index < -0.39 is 69.4 Å². The summed E-state index contributed by atoms with van der Waals surface area (Å²) in [4.78, 5) is 11.6. The van der Waals surface area contributed by atoms with Gasteiger partial charge in [0.05, 0.1) is 0 Å². The number of carbonyl (C=O) groups is 1. The van der Waals surface area contributed by atoms with Crippen LogP contribution in [0.4, 0.5) is 35.1 Å². The SMILES string of the molecule is Cc1cc(F)c(F)c(OC(=O)c2c(F)c(F)c([18F])c(F)c2F)c1F. The topological polar surface area (TPSA) is 26.3 Å². The fourth-order valence-corrected chi connectivity index (χ4v) is 1.72. The van der Waals surface area contributed by atoms with E-state index in [1.807, 2.05) is 0 Å². The van der Waals surface area contributed by atoms with Gasteiger partial charge >= 0.3 is 5.97 Å². The summed E-state index contributed by atoms with van der Waals surface area (Å²) in [5.74, 6) is -21.8. The molecule has 0 unspecified atom stereocenters. The van der Waals surface area contributed by atoms with Crippen molar-refractivity contribution in [1.82, 2.24) is 0 Å². The largest absolute Gasteiger partial charge is 0.416 e. The molecular weight excluding hydrogens is 351 g/mol. The van der Waals surface area contributed by atoms with Gasteiger partial charge in [0.1, 0.15) is 5.56 Å². The lowest BCUT2D eigenvalue weighted by Gasteiger charge is -2.11. The Balaban J connectivity index is 2.58. The lowest BCUT2D eigenvalue weighted by atomic mass is 10.1. The number of carbonyl (C=O) groups excluding carboxylic acids is 1. The van der Waals surface area contributed by atoms with Crippen molar-refractivity contribution in [2.24, 2.45) is 0 Å². The quantitative estimate of drug-likeness (QED) is 0.264. The number of benzene rings is 2. The molecule has 0 aliphatic carbocycles. The molecule has 2 aromatic carbocycles. The predicted molar refractivity (Wildman–Crippen MR) is 62.2 cm³/mol. The van der Waals surface area contributed by atoms with Crippen molar-refractivity contribution in [3.05, 3.63) is 63.7 Å². The first-order chi connectivity index (χ1) is 11.1. The van der Waals surface area contributed by atoms with Crippen LogP contribution in [0.2, 0.25) is 0 Å².